The van der Waals surface area contributed by atoms with Gasteiger partial charge in [0.15, 0.2) is 0 Å². The molecule has 2 aromatic rings. The molecule has 0 aromatic heterocycles. The Morgan fingerprint density at radius 1 is 0.935 bits per heavy atom. The summed E-state index contributed by atoms with van der Waals surface area (Å²) in [7, 11) is 0. The zero-order valence-electron chi connectivity index (χ0n) is 18.5. The topological polar surface area (TPSA) is 64.7 Å². The van der Waals surface area contributed by atoms with Gasteiger partial charge < -0.3 is 15.5 Å². The number of halogens is 1. The lowest BCUT2D eigenvalue weighted by atomic mass is 10.1. The SMILES string of the molecule is Cc1cc(C)c(NC(=O)C(=O)NCCCN2CCN(c3ccc(Cl)cc3)CC2)c(C)c1. The second kappa shape index (κ2) is 10.6. The highest BCUT2D eigenvalue weighted by atomic mass is 35.5. The maximum absolute atomic E-state index is 12.2. The standard InChI is InChI=1S/C24H31ClN4O2/c1-17-15-18(2)22(19(3)16-17)27-24(31)23(30)26-9-4-10-28-11-13-29(14-12-28)21-7-5-20(25)6-8-21/h5-8,15-16H,4,9-14H2,1-3H3,(H,26,30)(H,27,31). The molecule has 0 bridgehead atoms. The van der Waals surface area contributed by atoms with Crippen molar-refractivity contribution < 1.29 is 9.59 Å². The number of anilines is 2. The Labute approximate surface area is 189 Å². The van der Waals surface area contributed by atoms with E-state index in [1.54, 1.807) is 0 Å². The van der Waals surface area contributed by atoms with Crippen molar-refractivity contribution in [3.8, 4) is 0 Å². The van der Waals surface area contributed by atoms with E-state index in [1.165, 1.54) is 5.69 Å². The number of rotatable bonds is 6. The van der Waals surface area contributed by atoms with E-state index in [0.717, 1.165) is 60.9 Å². The van der Waals surface area contributed by atoms with E-state index in [2.05, 4.69) is 32.6 Å². The first-order valence-corrected chi connectivity index (χ1v) is 11.1. The molecule has 7 heteroatoms. The molecule has 0 radical (unpaired) electrons. The van der Waals surface area contributed by atoms with Crippen LogP contribution in [0, 0.1) is 20.8 Å². The fourth-order valence-corrected chi connectivity index (χ4v) is 4.14. The molecule has 31 heavy (non-hydrogen) atoms. The van der Waals surface area contributed by atoms with Crippen LogP contribution in [0.5, 0.6) is 0 Å². The van der Waals surface area contributed by atoms with Gasteiger partial charge in [-0.05, 0) is 69.1 Å². The van der Waals surface area contributed by atoms with Gasteiger partial charge in [0.2, 0.25) is 0 Å². The molecule has 0 saturated carbocycles. The number of hydrogen-bond donors (Lipinski definition) is 2. The van der Waals surface area contributed by atoms with Crippen molar-refractivity contribution in [2.75, 3.05) is 49.5 Å². The summed E-state index contributed by atoms with van der Waals surface area (Å²) in [5.41, 5.74) is 4.95. The van der Waals surface area contributed by atoms with Gasteiger partial charge in [-0.25, -0.2) is 0 Å². The van der Waals surface area contributed by atoms with E-state index in [1.807, 2.05) is 45.0 Å². The average Bonchev–Trinajstić information content (AvgIpc) is 2.74. The molecule has 0 aliphatic carbocycles. The zero-order valence-corrected chi connectivity index (χ0v) is 19.3. The van der Waals surface area contributed by atoms with Crippen LogP contribution in [0.1, 0.15) is 23.1 Å². The van der Waals surface area contributed by atoms with Crippen molar-refractivity contribution >= 4 is 34.8 Å². The minimum Gasteiger partial charge on any atom is -0.369 e. The van der Waals surface area contributed by atoms with Crippen molar-refractivity contribution in [3.05, 3.63) is 58.1 Å². The summed E-state index contributed by atoms with van der Waals surface area (Å²) >= 11 is 5.96. The molecule has 0 spiro atoms. The normalized spacial score (nSPS) is 14.4. The molecule has 1 aliphatic heterocycles. The fourth-order valence-electron chi connectivity index (χ4n) is 4.01. The van der Waals surface area contributed by atoms with Gasteiger partial charge >= 0.3 is 11.8 Å². The molecule has 6 nitrogen and oxygen atoms in total. The van der Waals surface area contributed by atoms with Crippen molar-refractivity contribution in [2.45, 2.75) is 27.2 Å². The first-order valence-electron chi connectivity index (χ1n) is 10.7. The first-order chi connectivity index (χ1) is 14.8. The zero-order chi connectivity index (χ0) is 22.4. The molecule has 2 amide bonds. The van der Waals surface area contributed by atoms with E-state index >= 15 is 0 Å². The monoisotopic (exact) mass is 442 g/mol. The smallest absolute Gasteiger partial charge is 0.313 e. The van der Waals surface area contributed by atoms with Gasteiger partial charge in [-0.3, -0.25) is 14.5 Å². The van der Waals surface area contributed by atoms with Gasteiger partial charge in [0.1, 0.15) is 0 Å². The molecule has 2 N–H and O–H groups in total. The van der Waals surface area contributed by atoms with Crippen LogP contribution in [0.15, 0.2) is 36.4 Å². The number of piperazine rings is 1. The fraction of sp³-hybridized carbons (Fsp3) is 0.417. The number of hydrogen-bond acceptors (Lipinski definition) is 4. The molecule has 1 aliphatic rings. The van der Waals surface area contributed by atoms with Crippen molar-refractivity contribution in [2.24, 2.45) is 0 Å². The van der Waals surface area contributed by atoms with Gasteiger partial charge in [-0.15, -0.1) is 0 Å². The minimum atomic E-state index is -0.619. The summed E-state index contributed by atoms with van der Waals surface area (Å²) in [5, 5.41) is 6.23. The predicted octanol–water partition coefficient (Wildman–Crippen LogP) is 3.53. The molecular weight excluding hydrogens is 412 g/mol. The van der Waals surface area contributed by atoms with E-state index in [4.69, 9.17) is 11.6 Å². The van der Waals surface area contributed by atoms with Gasteiger partial charge in [0.05, 0.1) is 0 Å². The molecule has 1 heterocycles. The van der Waals surface area contributed by atoms with Gasteiger partial charge in [0, 0.05) is 49.1 Å². The average molecular weight is 443 g/mol. The van der Waals surface area contributed by atoms with Crippen LogP contribution in [-0.2, 0) is 9.59 Å². The number of carbonyl (C=O) groups excluding carboxylic acids is 2. The molecule has 1 fully saturated rings. The van der Waals surface area contributed by atoms with Crippen LogP contribution in [0.2, 0.25) is 5.02 Å². The first kappa shape index (κ1) is 23.1. The lowest BCUT2D eigenvalue weighted by molar-refractivity contribution is -0.136. The molecule has 2 aromatic carbocycles. The Morgan fingerprint density at radius 2 is 1.55 bits per heavy atom. The van der Waals surface area contributed by atoms with Crippen LogP contribution >= 0.6 is 11.6 Å². The second-order valence-corrected chi connectivity index (χ2v) is 8.58. The lowest BCUT2D eigenvalue weighted by Crippen LogP contribution is -2.47. The third kappa shape index (κ3) is 6.45. The Kier molecular flexibility index (Phi) is 7.93. The van der Waals surface area contributed by atoms with E-state index in [-0.39, 0.29) is 0 Å². The van der Waals surface area contributed by atoms with Gasteiger partial charge in [0.25, 0.3) is 0 Å². The summed E-state index contributed by atoms with van der Waals surface area (Å²) in [6.07, 6.45) is 0.808. The third-order valence-electron chi connectivity index (χ3n) is 5.62. The third-order valence-corrected chi connectivity index (χ3v) is 5.87. The van der Waals surface area contributed by atoms with Gasteiger partial charge in [-0.1, -0.05) is 29.3 Å². The molecule has 0 unspecified atom stereocenters. The molecule has 0 atom stereocenters. The summed E-state index contributed by atoms with van der Waals surface area (Å²) in [6.45, 7) is 11.1. The Balaban J connectivity index is 1.36. The highest BCUT2D eigenvalue weighted by molar-refractivity contribution is 6.39. The molecule has 1 saturated heterocycles. The van der Waals surface area contributed by atoms with Crippen molar-refractivity contribution in [1.29, 1.82) is 0 Å². The Morgan fingerprint density at radius 3 is 2.16 bits per heavy atom. The summed E-state index contributed by atoms with van der Waals surface area (Å²) in [5.74, 6) is -1.21. The van der Waals surface area contributed by atoms with Crippen LogP contribution in [-0.4, -0.2) is 56.0 Å². The molecular formula is C24H31ClN4O2. The lowest BCUT2D eigenvalue weighted by Gasteiger charge is -2.36. The maximum Gasteiger partial charge on any atom is 0.313 e. The summed E-state index contributed by atoms with van der Waals surface area (Å²) < 4.78 is 0. The van der Waals surface area contributed by atoms with Crippen molar-refractivity contribution in [1.82, 2.24) is 10.2 Å². The predicted molar refractivity (Wildman–Crippen MR) is 127 cm³/mol. The quantitative estimate of drug-likeness (QED) is 0.530. The van der Waals surface area contributed by atoms with Crippen LogP contribution < -0.4 is 15.5 Å². The Bertz CT molecular complexity index is 899. The number of nitrogens with zero attached hydrogens (tertiary/aromatic N) is 2. The van der Waals surface area contributed by atoms with E-state index in [9.17, 15) is 9.59 Å². The van der Waals surface area contributed by atoms with E-state index in [0.29, 0.717) is 12.2 Å². The molecule has 3 rings (SSSR count). The summed E-state index contributed by atoms with van der Waals surface area (Å²) in [6, 6.07) is 11.9. The van der Waals surface area contributed by atoms with Crippen molar-refractivity contribution in [3.63, 3.8) is 0 Å². The largest absolute Gasteiger partial charge is 0.369 e. The van der Waals surface area contributed by atoms with E-state index < -0.39 is 11.8 Å². The number of nitrogens with one attached hydrogen (secondary N) is 2. The second-order valence-electron chi connectivity index (χ2n) is 8.14. The van der Waals surface area contributed by atoms with Crippen LogP contribution in [0.4, 0.5) is 11.4 Å². The minimum absolute atomic E-state index is 0.482. The highest BCUT2D eigenvalue weighted by Crippen LogP contribution is 2.22. The molecule has 166 valence electrons. The number of benzene rings is 2. The number of amides is 2. The van der Waals surface area contributed by atoms with Gasteiger partial charge in [-0.2, -0.15) is 0 Å². The number of carbonyl (C=O) groups is 2. The van der Waals surface area contributed by atoms with Crippen LogP contribution in [0.3, 0.4) is 0 Å². The Hall–Kier alpha value is -2.57. The maximum atomic E-state index is 12.2. The highest BCUT2D eigenvalue weighted by Gasteiger charge is 2.18. The number of aryl methyl sites for hydroxylation is 3. The van der Waals surface area contributed by atoms with Crippen LogP contribution in [0.25, 0.3) is 0 Å². The summed E-state index contributed by atoms with van der Waals surface area (Å²) in [4.78, 5) is 29.1.